The number of methoxy groups -OCH3 is 1. The molecule has 1 aromatic carbocycles. The lowest BCUT2D eigenvalue weighted by Crippen LogP contribution is -2.22. The zero-order valence-electron chi connectivity index (χ0n) is 10.7. The van der Waals surface area contributed by atoms with Crippen LogP contribution in [0.1, 0.15) is 28.8 Å². The predicted molar refractivity (Wildman–Crippen MR) is 69.3 cm³/mol. The largest absolute Gasteiger partial charge is 0.496 e. The highest BCUT2D eigenvalue weighted by Gasteiger charge is 2.13. The van der Waals surface area contributed by atoms with Crippen molar-refractivity contribution in [1.82, 2.24) is 4.90 Å². The molecule has 1 saturated heterocycles. The summed E-state index contributed by atoms with van der Waals surface area (Å²) in [5, 5.41) is 8.93. The summed E-state index contributed by atoms with van der Waals surface area (Å²) >= 11 is 0. The molecule has 0 aromatic heterocycles. The molecule has 0 atom stereocenters. The van der Waals surface area contributed by atoms with Crippen molar-refractivity contribution in [2.75, 3.05) is 26.7 Å². The molecular formula is C14H19NO3. The number of likely N-dealkylation sites (tertiary alicyclic amines) is 1. The van der Waals surface area contributed by atoms with Crippen molar-refractivity contribution in [1.29, 1.82) is 0 Å². The molecule has 1 aliphatic heterocycles. The minimum Gasteiger partial charge on any atom is -0.496 e. The molecule has 0 saturated carbocycles. The zero-order valence-corrected chi connectivity index (χ0v) is 10.7. The fourth-order valence-electron chi connectivity index (χ4n) is 2.37. The highest BCUT2D eigenvalue weighted by Crippen LogP contribution is 2.21. The van der Waals surface area contributed by atoms with Crippen LogP contribution >= 0.6 is 0 Å². The van der Waals surface area contributed by atoms with Gasteiger partial charge in [0.05, 0.1) is 12.7 Å². The fourth-order valence-corrected chi connectivity index (χ4v) is 2.37. The second kappa shape index (κ2) is 5.87. The van der Waals surface area contributed by atoms with E-state index in [1.165, 1.54) is 25.9 Å². The molecule has 4 nitrogen and oxygen atoms in total. The van der Waals surface area contributed by atoms with Gasteiger partial charge in [-0.3, -0.25) is 0 Å². The van der Waals surface area contributed by atoms with Gasteiger partial charge in [0.25, 0.3) is 0 Å². The number of hydrogen-bond acceptors (Lipinski definition) is 3. The Balaban J connectivity index is 2.04. The quantitative estimate of drug-likeness (QED) is 0.867. The Hall–Kier alpha value is -1.55. The van der Waals surface area contributed by atoms with E-state index >= 15 is 0 Å². The molecule has 0 amide bonds. The van der Waals surface area contributed by atoms with E-state index in [4.69, 9.17) is 9.84 Å². The van der Waals surface area contributed by atoms with Crippen molar-refractivity contribution in [2.24, 2.45) is 0 Å². The SMILES string of the molecule is COc1cc(C(=O)O)ccc1CCN1CCCC1. The summed E-state index contributed by atoms with van der Waals surface area (Å²) in [5.74, 6) is -0.242. The van der Waals surface area contributed by atoms with Crippen molar-refractivity contribution in [2.45, 2.75) is 19.3 Å². The van der Waals surface area contributed by atoms with E-state index in [0.29, 0.717) is 5.75 Å². The monoisotopic (exact) mass is 249 g/mol. The van der Waals surface area contributed by atoms with Crippen LogP contribution in [0, 0.1) is 0 Å². The molecular weight excluding hydrogens is 230 g/mol. The Morgan fingerprint density at radius 2 is 2.11 bits per heavy atom. The molecule has 98 valence electrons. The van der Waals surface area contributed by atoms with Gasteiger partial charge in [-0.25, -0.2) is 4.79 Å². The molecule has 0 radical (unpaired) electrons. The van der Waals surface area contributed by atoms with Gasteiger partial charge < -0.3 is 14.7 Å². The number of hydrogen-bond donors (Lipinski definition) is 1. The third-order valence-corrected chi connectivity index (χ3v) is 3.43. The summed E-state index contributed by atoms with van der Waals surface area (Å²) < 4.78 is 5.27. The van der Waals surface area contributed by atoms with Crippen LogP contribution < -0.4 is 4.74 Å². The molecule has 0 aliphatic carbocycles. The van der Waals surface area contributed by atoms with E-state index in [2.05, 4.69) is 4.90 Å². The van der Waals surface area contributed by atoms with Crippen LogP contribution in [0.2, 0.25) is 0 Å². The standard InChI is InChI=1S/C14H19NO3/c1-18-13-10-12(14(16)17)5-4-11(13)6-9-15-7-2-3-8-15/h4-5,10H,2-3,6-9H2,1H3,(H,16,17). The van der Waals surface area contributed by atoms with E-state index in [9.17, 15) is 4.79 Å². The van der Waals surface area contributed by atoms with Crippen molar-refractivity contribution in [3.8, 4) is 5.75 Å². The number of ether oxygens (including phenoxy) is 1. The van der Waals surface area contributed by atoms with E-state index in [0.717, 1.165) is 18.5 Å². The molecule has 0 spiro atoms. The smallest absolute Gasteiger partial charge is 0.335 e. The second-order valence-corrected chi connectivity index (χ2v) is 4.63. The number of benzene rings is 1. The van der Waals surface area contributed by atoms with Gasteiger partial charge in [-0.15, -0.1) is 0 Å². The molecule has 1 aliphatic rings. The number of aromatic carboxylic acids is 1. The van der Waals surface area contributed by atoms with Crippen molar-refractivity contribution >= 4 is 5.97 Å². The predicted octanol–water partition coefficient (Wildman–Crippen LogP) is 2.03. The van der Waals surface area contributed by atoms with Gasteiger partial charge in [-0.05, 0) is 50.0 Å². The van der Waals surface area contributed by atoms with Crippen LogP contribution in [-0.4, -0.2) is 42.7 Å². The highest BCUT2D eigenvalue weighted by atomic mass is 16.5. The van der Waals surface area contributed by atoms with E-state index < -0.39 is 5.97 Å². The maximum absolute atomic E-state index is 10.9. The number of carboxylic acids is 1. The lowest BCUT2D eigenvalue weighted by molar-refractivity contribution is 0.0696. The molecule has 0 bridgehead atoms. The van der Waals surface area contributed by atoms with Crippen LogP contribution in [0.4, 0.5) is 0 Å². The average molecular weight is 249 g/mol. The fraction of sp³-hybridized carbons (Fsp3) is 0.500. The van der Waals surface area contributed by atoms with Gasteiger partial charge >= 0.3 is 5.97 Å². The first-order valence-electron chi connectivity index (χ1n) is 6.33. The normalized spacial score (nSPS) is 15.8. The molecule has 1 N–H and O–H groups in total. The molecule has 1 heterocycles. The zero-order chi connectivity index (χ0) is 13.0. The summed E-state index contributed by atoms with van der Waals surface area (Å²) in [6.45, 7) is 3.37. The third-order valence-electron chi connectivity index (χ3n) is 3.43. The molecule has 18 heavy (non-hydrogen) atoms. The Morgan fingerprint density at radius 1 is 1.39 bits per heavy atom. The first-order valence-corrected chi connectivity index (χ1v) is 6.33. The van der Waals surface area contributed by atoms with Gasteiger partial charge in [0.1, 0.15) is 5.75 Å². The van der Waals surface area contributed by atoms with Gasteiger partial charge in [0.15, 0.2) is 0 Å². The van der Waals surface area contributed by atoms with E-state index in [1.54, 1.807) is 19.2 Å². The summed E-state index contributed by atoms with van der Waals surface area (Å²) in [5.41, 5.74) is 1.35. The topological polar surface area (TPSA) is 49.8 Å². The molecule has 4 heteroatoms. The van der Waals surface area contributed by atoms with E-state index in [-0.39, 0.29) is 5.56 Å². The number of rotatable bonds is 5. The highest BCUT2D eigenvalue weighted by molar-refractivity contribution is 5.88. The first kappa shape index (κ1) is 12.9. The van der Waals surface area contributed by atoms with Gasteiger partial charge in [-0.1, -0.05) is 6.07 Å². The maximum Gasteiger partial charge on any atom is 0.335 e. The second-order valence-electron chi connectivity index (χ2n) is 4.63. The summed E-state index contributed by atoms with van der Waals surface area (Å²) in [4.78, 5) is 13.3. The summed E-state index contributed by atoms with van der Waals surface area (Å²) in [6, 6.07) is 5.10. The minimum atomic E-state index is -0.917. The van der Waals surface area contributed by atoms with E-state index in [1.807, 2.05) is 6.07 Å². The molecule has 2 rings (SSSR count). The Morgan fingerprint density at radius 3 is 2.72 bits per heavy atom. The average Bonchev–Trinajstić information content (AvgIpc) is 2.89. The van der Waals surface area contributed by atoms with Crippen LogP contribution in [0.5, 0.6) is 5.75 Å². The van der Waals surface area contributed by atoms with Crippen molar-refractivity contribution in [3.05, 3.63) is 29.3 Å². The Bertz CT molecular complexity index is 425. The van der Waals surface area contributed by atoms with Crippen LogP contribution in [0.25, 0.3) is 0 Å². The van der Waals surface area contributed by atoms with Gasteiger partial charge in [0, 0.05) is 6.54 Å². The van der Waals surface area contributed by atoms with Crippen LogP contribution in [-0.2, 0) is 6.42 Å². The van der Waals surface area contributed by atoms with Crippen LogP contribution in [0.3, 0.4) is 0 Å². The molecule has 0 unspecified atom stereocenters. The van der Waals surface area contributed by atoms with Gasteiger partial charge in [0.2, 0.25) is 0 Å². The molecule has 1 fully saturated rings. The van der Waals surface area contributed by atoms with Crippen LogP contribution in [0.15, 0.2) is 18.2 Å². The van der Waals surface area contributed by atoms with Crippen molar-refractivity contribution in [3.63, 3.8) is 0 Å². The summed E-state index contributed by atoms with van der Waals surface area (Å²) in [6.07, 6.45) is 3.48. The number of carbonyl (C=O) groups is 1. The first-order chi connectivity index (χ1) is 8.70. The lowest BCUT2D eigenvalue weighted by Gasteiger charge is -2.16. The number of nitrogens with zero attached hydrogens (tertiary/aromatic N) is 1. The lowest BCUT2D eigenvalue weighted by atomic mass is 10.1. The number of carboxylic acid groups (broad SMARTS) is 1. The minimum absolute atomic E-state index is 0.275. The third kappa shape index (κ3) is 3.01. The molecule has 1 aromatic rings. The van der Waals surface area contributed by atoms with Crippen molar-refractivity contribution < 1.29 is 14.6 Å². The van der Waals surface area contributed by atoms with Gasteiger partial charge in [-0.2, -0.15) is 0 Å². The summed E-state index contributed by atoms with van der Waals surface area (Å²) in [7, 11) is 1.58. The Kier molecular flexibility index (Phi) is 4.20. The Labute approximate surface area is 107 Å². The maximum atomic E-state index is 10.9.